The number of sulfonamides is 1. The van der Waals surface area contributed by atoms with Gasteiger partial charge in [0.15, 0.2) is 0 Å². The quantitative estimate of drug-likeness (QED) is 0.105. The lowest BCUT2D eigenvalue weighted by Gasteiger charge is -2.33. The maximum absolute atomic E-state index is 14.5. The van der Waals surface area contributed by atoms with Crippen LogP contribution in [0.1, 0.15) is 40.2 Å². The van der Waals surface area contributed by atoms with E-state index in [1.165, 1.54) is 31.3 Å². The Kier molecular flexibility index (Phi) is 9.86. The van der Waals surface area contributed by atoms with Crippen LogP contribution in [0.5, 0.6) is 0 Å². The minimum Gasteiger partial charge on any atom is -0.344 e. The Bertz CT molecular complexity index is 2000. The van der Waals surface area contributed by atoms with Gasteiger partial charge >= 0.3 is 12.1 Å². The average molecular weight is 752 g/mol. The molecule has 4 aromatic rings. The van der Waals surface area contributed by atoms with Crippen molar-refractivity contribution >= 4 is 55.9 Å². The van der Waals surface area contributed by atoms with E-state index in [0.717, 1.165) is 6.07 Å². The zero-order chi connectivity index (χ0) is 35.2. The van der Waals surface area contributed by atoms with Gasteiger partial charge in [-0.2, -0.15) is 13.2 Å². The van der Waals surface area contributed by atoms with Crippen LogP contribution in [0.25, 0.3) is 11.3 Å². The van der Waals surface area contributed by atoms with Gasteiger partial charge in [0, 0.05) is 10.0 Å². The zero-order valence-corrected chi connectivity index (χ0v) is 27.5. The smallest absolute Gasteiger partial charge is 0.344 e. The van der Waals surface area contributed by atoms with E-state index in [4.69, 9.17) is 23.2 Å². The van der Waals surface area contributed by atoms with Gasteiger partial charge in [-0.15, -0.1) is 10.8 Å². The highest BCUT2D eigenvalue weighted by molar-refractivity contribution is 8.23. The van der Waals surface area contributed by atoms with Gasteiger partial charge in [-0.05, 0) is 58.3 Å². The first kappa shape index (κ1) is 35.6. The molecule has 0 saturated carbocycles. The maximum Gasteiger partial charge on any atom is 0.492 e. The number of benzene rings is 3. The van der Waals surface area contributed by atoms with E-state index >= 15 is 0 Å². The molecule has 2 heterocycles. The molecule has 1 saturated heterocycles. The Morgan fingerprint density at radius 3 is 2.42 bits per heavy atom. The monoisotopic (exact) mass is 750 g/mol. The molecule has 1 unspecified atom stereocenters. The predicted molar refractivity (Wildman–Crippen MR) is 168 cm³/mol. The van der Waals surface area contributed by atoms with Gasteiger partial charge in [0.25, 0.3) is 10.0 Å². The lowest BCUT2D eigenvalue weighted by atomic mass is 10.0. The zero-order valence-electron chi connectivity index (χ0n) is 24.3. The van der Waals surface area contributed by atoms with Gasteiger partial charge < -0.3 is 9.82 Å². The third-order valence-corrected chi connectivity index (χ3v) is 11.5. The van der Waals surface area contributed by atoms with Crippen molar-refractivity contribution < 1.29 is 49.5 Å². The second-order valence-electron chi connectivity index (χ2n) is 10.6. The summed E-state index contributed by atoms with van der Waals surface area (Å²) in [5.74, 6) is -4.96. The molecular formula is C29H24Cl2F4N4O7S2. The summed E-state index contributed by atoms with van der Waals surface area (Å²) >= 11 is 12.5. The van der Waals surface area contributed by atoms with Crippen molar-refractivity contribution in [3.8, 4) is 11.3 Å². The Hall–Kier alpha value is -3.71. The van der Waals surface area contributed by atoms with Gasteiger partial charge in [-0.25, -0.2) is 22.6 Å². The standard InChI is InChI=1S/C29H24Cl2F4N4O7S2/c1-15-20(30)11-18(32)12-24(15)48(44,45)39(46-28(41)29(33,34)35)23(27-36-14-22(37-27)17-5-3-2-4-6-17)10-16-7-8-19(21(31)9-16)25-13-26(40)38-47(25,42)43/h2-9,11-12,14,23,25,42-43H,10,13H2,1H3,(H,36,37)(H,38,40)/t23-,25?/m0/s1. The molecule has 0 radical (unpaired) electrons. The number of nitrogens with zero attached hydrogens (tertiary/aromatic N) is 2. The van der Waals surface area contributed by atoms with Crippen molar-refractivity contribution in [3.05, 3.63) is 105 Å². The third-order valence-electron chi connectivity index (χ3n) is 7.30. The van der Waals surface area contributed by atoms with Crippen molar-refractivity contribution in [1.82, 2.24) is 19.2 Å². The highest BCUT2D eigenvalue weighted by atomic mass is 35.5. The number of hydroxylamine groups is 1. The molecule has 3 aromatic carbocycles. The topological polar surface area (TPSA) is 162 Å². The number of nitrogens with one attached hydrogen (secondary N) is 2. The van der Waals surface area contributed by atoms with Crippen LogP contribution in [0.15, 0.2) is 71.8 Å². The van der Waals surface area contributed by atoms with Gasteiger partial charge in [-0.3, -0.25) is 18.6 Å². The second kappa shape index (κ2) is 13.3. The highest BCUT2D eigenvalue weighted by Gasteiger charge is 2.48. The van der Waals surface area contributed by atoms with E-state index in [1.54, 1.807) is 30.3 Å². The Labute approximate surface area is 282 Å². The number of imidazole rings is 1. The van der Waals surface area contributed by atoms with Crippen LogP contribution in [-0.2, 0) is 30.9 Å². The first-order valence-electron chi connectivity index (χ1n) is 13.6. The largest absolute Gasteiger partial charge is 0.492 e. The van der Waals surface area contributed by atoms with Crippen LogP contribution in [-0.4, -0.2) is 50.0 Å². The predicted octanol–water partition coefficient (Wildman–Crippen LogP) is 7.05. The summed E-state index contributed by atoms with van der Waals surface area (Å²) in [5.41, 5.74) is 0.933. The van der Waals surface area contributed by atoms with E-state index in [2.05, 4.69) is 19.5 Å². The van der Waals surface area contributed by atoms with E-state index in [1.807, 2.05) is 0 Å². The van der Waals surface area contributed by atoms with Gasteiger partial charge in [0.1, 0.15) is 22.9 Å². The van der Waals surface area contributed by atoms with Gasteiger partial charge in [-0.1, -0.05) is 65.7 Å². The van der Waals surface area contributed by atoms with Crippen LogP contribution in [0.2, 0.25) is 10.0 Å². The van der Waals surface area contributed by atoms with Crippen LogP contribution in [0.3, 0.4) is 0 Å². The Morgan fingerprint density at radius 2 is 1.81 bits per heavy atom. The van der Waals surface area contributed by atoms with Crippen molar-refractivity contribution in [2.45, 2.75) is 42.1 Å². The van der Waals surface area contributed by atoms with Crippen LogP contribution in [0.4, 0.5) is 17.6 Å². The number of alkyl halides is 3. The molecule has 48 heavy (non-hydrogen) atoms. The van der Waals surface area contributed by atoms with E-state index in [0.29, 0.717) is 17.3 Å². The summed E-state index contributed by atoms with van der Waals surface area (Å²) in [6, 6.07) is 11.9. The molecule has 5 rings (SSSR count). The third kappa shape index (κ3) is 7.31. The first-order chi connectivity index (χ1) is 22.4. The van der Waals surface area contributed by atoms with Crippen molar-refractivity contribution in [2.24, 2.45) is 0 Å². The normalized spacial score (nSPS) is 17.6. The fraction of sp³-hybridized carbons (Fsp3) is 0.207. The number of aromatic nitrogens is 2. The molecule has 0 aliphatic carbocycles. The molecular weight excluding hydrogens is 727 g/mol. The SMILES string of the molecule is Cc1c(Cl)cc(F)cc1S(=O)(=O)N(OC(=O)C(F)(F)F)[C@@H](Cc1ccc(C2CC(=O)NS2(O)O)c(Cl)c1)c1ncc(-c2ccccc2)[nH]1. The lowest BCUT2D eigenvalue weighted by molar-refractivity contribution is -0.227. The number of carbonyl (C=O) groups excluding carboxylic acids is 2. The van der Waals surface area contributed by atoms with Gasteiger partial charge in [0.05, 0.1) is 23.2 Å². The lowest BCUT2D eigenvalue weighted by Crippen LogP contribution is -2.42. The van der Waals surface area contributed by atoms with Crippen molar-refractivity contribution in [2.75, 3.05) is 0 Å². The van der Waals surface area contributed by atoms with Crippen molar-refractivity contribution in [3.63, 3.8) is 0 Å². The number of halogens is 6. The number of carbonyl (C=O) groups is 2. The Balaban J connectivity index is 1.66. The highest BCUT2D eigenvalue weighted by Crippen LogP contribution is 2.57. The summed E-state index contributed by atoms with van der Waals surface area (Å²) in [6.45, 7) is 1.18. The molecule has 0 bridgehead atoms. The molecule has 19 heteroatoms. The molecule has 4 N–H and O–H groups in total. The first-order valence-corrected chi connectivity index (χ1v) is 17.4. The number of amides is 1. The number of rotatable bonds is 9. The number of aromatic amines is 1. The van der Waals surface area contributed by atoms with Gasteiger partial charge in [0.2, 0.25) is 5.91 Å². The molecule has 1 aromatic heterocycles. The fourth-order valence-corrected chi connectivity index (χ4v) is 8.77. The van der Waals surface area contributed by atoms with E-state index in [9.17, 15) is 44.7 Å². The average Bonchev–Trinajstić information content (AvgIpc) is 3.59. The minimum absolute atomic E-state index is 0.0911. The molecule has 11 nitrogen and oxygen atoms in total. The van der Waals surface area contributed by atoms with Crippen LogP contribution in [0, 0.1) is 12.7 Å². The molecule has 1 amide bonds. The summed E-state index contributed by atoms with van der Waals surface area (Å²) < 4.78 is 106. The summed E-state index contributed by atoms with van der Waals surface area (Å²) in [5, 5.41) is -1.58. The number of H-pyrrole nitrogens is 1. The Morgan fingerprint density at radius 1 is 1.12 bits per heavy atom. The molecule has 2 atom stereocenters. The van der Waals surface area contributed by atoms with Crippen LogP contribution >= 0.6 is 34.0 Å². The second-order valence-corrected chi connectivity index (χ2v) is 15.1. The molecule has 0 spiro atoms. The fourth-order valence-electron chi connectivity index (χ4n) is 4.98. The number of hydrogen-bond donors (Lipinski definition) is 4. The van der Waals surface area contributed by atoms with Crippen LogP contribution < -0.4 is 4.72 Å². The molecule has 1 fully saturated rings. The summed E-state index contributed by atoms with van der Waals surface area (Å²) in [6.07, 6.45) is -5.23. The summed E-state index contributed by atoms with van der Waals surface area (Å²) in [4.78, 5) is 34.8. The molecule has 1 aliphatic rings. The van der Waals surface area contributed by atoms with E-state index < -0.39 is 67.3 Å². The van der Waals surface area contributed by atoms with Crippen molar-refractivity contribution in [1.29, 1.82) is 0 Å². The minimum atomic E-state index is -5.66. The molecule has 256 valence electrons. The summed E-state index contributed by atoms with van der Waals surface area (Å²) in [7, 11) is -8.95. The number of hydrogen-bond acceptors (Lipinski definition) is 8. The van der Waals surface area contributed by atoms with E-state index in [-0.39, 0.29) is 43.4 Å². The molecule has 1 aliphatic heterocycles. The maximum atomic E-state index is 14.5.